The fraction of sp³-hybridized carbons (Fsp3) is 0.333. The summed E-state index contributed by atoms with van der Waals surface area (Å²) in [7, 11) is 0. The van der Waals surface area contributed by atoms with E-state index < -0.39 is 17.5 Å². The molecule has 0 unspecified atom stereocenters. The SMILES string of the molecule is Cc1ccnc(-c2cc(CCCC(=O)N3C[C@H]4OCCN(C(=O)/C=C/c5cc(F)c(F)c(F)c5)[C@H]4C3)ccn2)c1. The first kappa shape index (κ1) is 27.5. The third-order valence-corrected chi connectivity index (χ3v) is 7.22. The van der Waals surface area contributed by atoms with Crippen LogP contribution in [0.15, 0.2) is 54.9 Å². The van der Waals surface area contributed by atoms with Gasteiger partial charge in [0.25, 0.3) is 0 Å². The molecule has 2 saturated heterocycles. The van der Waals surface area contributed by atoms with Crippen LogP contribution in [0.1, 0.15) is 29.5 Å². The molecule has 3 aromatic rings. The maximum Gasteiger partial charge on any atom is 0.247 e. The number of ether oxygens (including phenoxy) is 1. The Balaban J connectivity index is 1.15. The van der Waals surface area contributed by atoms with Gasteiger partial charge in [-0.2, -0.15) is 0 Å². The van der Waals surface area contributed by atoms with E-state index in [0.29, 0.717) is 45.5 Å². The number of hydrogen-bond acceptors (Lipinski definition) is 5. The molecule has 0 bridgehead atoms. The lowest BCUT2D eigenvalue weighted by molar-refractivity contribution is -0.137. The highest BCUT2D eigenvalue weighted by molar-refractivity contribution is 5.92. The highest BCUT2D eigenvalue weighted by Crippen LogP contribution is 2.25. The minimum Gasteiger partial charge on any atom is -0.372 e. The predicted molar refractivity (Wildman–Crippen MR) is 142 cm³/mol. The molecule has 0 radical (unpaired) electrons. The average molecular weight is 551 g/mol. The summed E-state index contributed by atoms with van der Waals surface area (Å²) in [5, 5.41) is 0. The van der Waals surface area contributed by atoms with E-state index in [1.165, 1.54) is 12.2 Å². The zero-order chi connectivity index (χ0) is 28.2. The zero-order valence-electron chi connectivity index (χ0n) is 22.0. The van der Waals surface area contributed by atoms with Gasteiger partial charge in [0.15, 0.2) is 17.5 Å². The quantitative estimate of drug-likeness (QED) is 0.323. The molecule has 2 fully saturated rings. The molecule has 2 aliphatic rings. The number of carbonyl (C=O) groups is 2. The molecule has 7 nitrogen and oxygen atoms in total. The number of benzene rings is 1. The van der Waals surface area contributed by atoms with Crippen molar-refractivity contribution < 1.29 is 27.5 Å². The molecule has 2 aromatic heterocycles. The number of hydrogen-bond donors (Lipinski definition) is 0. The lowest BCUT2D eigenvalue weighted by atomic mass is 10.1. The van der Waals surface area contributed by atoms with Gasteiger partial charge in [-0.1, -0.05) is 0 Å². The van der Waals surface area contributed by atoms with Gasteiger partial charge in [-0.15, -0.1) is 0 Å². The van der Waals surface area contributed by atoms with Crippen LogP contribution >= 0.6 is 0 Å². The van der Waals surface area contributed by atoms with Crippen LogP contribution in [0, 0.1) is 24.4 Å². The first-order chi connectivity index (χ1) is 19.3. The standard InChI is InChI=1S/C30H29F3N4O3/c1-19-7-9-34-24(13-19)25-16-20(8-10-35-25)3-2-4-28(38)36-17-26-27(18-36)40-12-11-37(26)29(39)6-5-21-14-22(31)30(33)23(32)15-21/h5-10,13-16,26-27H,2-4,11-12,17-18H2,1H3/b6-5+/t26-,27+/m0/s1. The van der Waals surface area contributed by atoms with Crippen LogP contribution in [-0.4, -0.2) is 70.0 Å². The second kappa shape index (κ2) is 12.0. The smallest absolute Gasteiger partial charge is 0.247 e. The van der Waals surface area contributed by atoms with Crippen LogP contribution in [0.5, 0.6) is 0 Å². The molecule has 208 valence electrons. The van der Waals surface area contributed by atoms with Gasteiger partial charge in [-0.05, 0) is 78.9 Å². The molecule has 0 N–H and O–H groups in total. The van der Waals surface area contributed by atoms with Gasteiger partial charge in [0, 0.05) is 44.5 Å². The van der Waals surface area contributed by atoms with Gasteiger partial charge in [-0.25, -0.2) is 13.2 Å². The number of pyridine rings is 2. The van der Waals surface area contributed by atoms with E-state index in [2.05, 4.69) is 9.97 Å². The summed E-state index contributed by atoms with van der Waals surface area (Å²) >= 11 is 0. The number of likely N-dealkylation sites (tertiary alicyclic amines) is 1. The van der Waals surface area contributed by atoms with Crippen molar-refractivity contribution in [1.82, 2.24) is 19.8 Å². The van der Waals surface area contributed by atoms with Crippen molar-refractivity contribution in [3.8, 4) is 11.4 Å². The molecule has 2 aliphatic heterocycles. The molecular weight excluding hydrogens is 521 g/mol. The summed E-state index contributed by atoms with van der Waals surface area (Å²) in [6.45, 7) is 3.40. The molecule has 2 atom stereocenters. The Morgan fingerprint density at radius 3 is 2.50 bits per heavy atom. The number of aromatic nitrogens is 2. The van der Waals surface area contributed by atoms with Gasteiger partial charge in [0.1, 0.15) is 0 Å². The Labute approximate surface area is 230 Å². The van der Waals surface area contributed by atoms with Crippen molar-refractivity contribution in [3.63, 3.8) is 0 Å². The molecular formula is C30H29F3N4O3. The van der Waals surface area contributed by atoms with E-state index in [4.69, 9.17) is 4.74 Å². The van der Waals surface area contributed by atoms with E-state index >= 15 is 0 Å². The summed E-state index contributed by atoms with van der Waals surface area (Å²) in [6.07, 6.45) is 7.38. The number of rotatable bonds is 7. The molecule has 0 saturated carbocycles. The van der Waals surface area contributed by atoms with E-state index in [0.717, 1.165) is 34.6 Å². The Morgan fingerprint density at radius 2 is 1.75 bits per heavy atom. The van der Waals surface area contributed by atoms with Gasteiger partial charge in [0.05, 0.1) is 30.1 Å². The Hall–Kier alpha value is -4.05. The summed E-state index contributed by atoms with van der Waals surface area (Å²) < 4.78 is 46.0. The van der Waals surface area contributed by atoms with E-state index in [9.17, 15) is 22.8 Å². The third-order valence-electron chi connectivity index (χ3n) is 7.22. The summed E-state index contributed by atoms with van der Waals surface area (Å²) in [4.78, 5) is 38.1. The monoisotopic (exact) mass is 550 g/mol. The highest BCUT2D eigenvalue weighted by atomic mass is 19.2. The van der Waals surface area contributed by atoms with E-state index in [1.807, 2.05) is 31.2 Å². The fourth-order valence-corrected chi connectivity index (χ4v) is 5.15. The topological polar surface area (TPSA) is 75.6 Å². The predicted octanol–water partition coefficient (Wildman–Crippen LogP) is 4.34. The molecule has 4 heterocycles. The van der Waals surface area contributed by atoms with Gasteiger partial charge < -0.3 is 14.5 Å². The molecule has 1 aromatic carbocycles. The Kier molecular flexibility index (Phi) is 8.25. The molecule has 5 rings (SSSR count). The minimum atomic E-state index is -1.56. The molecule has 0 spiro atoms. The van der Waals surface area contributed by atoms with Crippen LogP contribution in [0.25, 0.3) is 17.5 Å². The van der Waals surface area contributed by atoms with Crippen molar-refractivity contribution in [1.29, 1.82) is 0 Å². The normalized spacial score (nSPS) is 18.8. The highest BCUT2D eigenvalue weighted by Gasteiger charge is 2.42. The van der Waals surface area contributed by atoms with Crippen LogP contribution in [0.2, 0.25) is 0 Å². The van der Waals surface area contributed by atoms with Crippen LogP contribution in [0.4, 0.5) is 13.2 Å². The number of morpholine rings is 1. The maximum absolute atomic E-state index is 13.5. The zero-order valence-corrected chi connectivity index (χ0v) is 22.0. The molecule has 0 aliphatic carbocycles. The number of aryl methyl sites for hydroxylation is 2. The van der Waals surface area contributed by atoms with Crippen molar-refractivity contribution in [3.05, 3.63) is 89.0 Å². The number of halogens is 3. The van der Waals surface area contributed by atoms with Crippen LogP contribution < -0.4 is 0 Å². The largest absolute Gasteiger partial charge is 0.372 e. The molecule has 40 heavy (non-hydrogen) atoms. The van der Waals surface area contributed by atoms with Crippen molar-refractivity contribution in [2.45, 2.75) is 38.3 Å². The van der Waals surface area contributed by atoms with Crippen molar-refractivity contribution >= 4 is 17.9 Å². The summed E-state index contributed by atoms with van der Waals surface area (Å²) in [5.74, 6) is -4.57. The van der Waals surface area contributed by atoms with Gasteiger partial charge in [-0.3, -0.25) is 19.6 Å². The van der Waals surface area contributed by atoms with Crippen LogP contribution in [0.3, 0.4) is 0 Å². The minimum absolute atomic E-state index is 0.00664. The van der Waals surface area contributed by atoms with Crippen LogP contribution in [-0.2, 0) is 20.7 Å². The second-order valence-corrected chi connectivity index (χ2v) is 10.1. The molecule has 10 heteroatoms. The summed E-state index contributed by atoms with van der Waals surface area (Å²) in [6, 6.07) is 9.18. The van der Waals surface area contributed by atoms with E-state index in [1.54, 1.807) is 22.2 Å². The first-order valence-corrected chi connectivity index (χ1v) is 13.2. The first-order valence-electron chi connectivity index (χ1n) is 13.2. The number of fused-ring (bicyclic) bond motifs is 1. The van der Waals surface area contributed by atoms with Gasteiger partial charge in [0.2, 0.25) is 11.8 Å². The lowest BCUT2D eigenvalue weighted by Crippen LogP contribution is -2.52. The number of amides is 2. The number of carbonyl (C=O) groups excluding carboxylic acids is 2. The Morgan fingerprint density at radius 1 is 1.02 bits per heavy atom. The maximum atomic E-state index is 13.5. The number of nitrogens with zero attached hydrogens (tertiary/aromatic N) is 4. The Bertz CT molecular complexity index is 1420. The van der Waals surface area contributed by atoms with E-state index in [-0.39, 0.29) is 29.5 Å². The summed E-state index contributed by atoms with van der Waals surface area (Å²) in [5.41, 5.74) is 3.82. The van der Waals surface area contributed by atoms with Crippen molar-refractivity contribution in [2.75, 3.05) is 26.2 Å². The van der Waals surface area contributed by atoms with Gasteiger partial charge >= 0.3 is 0 Å². The fourth-order valence-electron chi connectivity index (χ4n) is 5.15. The molecule has 2 amide bonds. The average Bonchev–Trinajstić information content (AvgIpc) is 3.39. The lowest BCUT2D eigenvalue weighted by Gasteiger charge is -2.36. The second-order valence-electron chi connectivity index (χ2n) is 10.1. The van der Waals surface area contributed by atoms with Crippen molar-refractivity contribution in [2.24, 2.45) is 0 Å². The third kappa shape index (κ3) is 6.22.